The van der Waals surface area contributed by atoms with Crippen LogP contribution in [-0.2, 0) is 6.54 Å². The molecule has 0 saturated carbocycles. The van der Waals surface area contributed by atoms with Crippen LogP contribution in [-0.4, -0.2) is 0 Å². The first-order valence-corrected chi connectivity index (χ1v) is 6.27. The van der Waals surface area contributed by atoms with Gasteiger partial charge in [0.05, 0.1) is 17.3 Å². The molecule has 0 amide bonds. The third kappa shape index (κ3) is 3.30. The van der Waals surface area contributed by atoms with E-state index in [1.807, 2.05) is 6.07 Å². The molecule has 5 heteroatoms. The first kappa shape index (κ1) is 13.5. The number of halogens is 3. The molecule has 19 heavy (non-hydrogen) atoms. The summed E-state index contributed by atoms with van der Waals surface area (Å²) in [6, 6.07) is 10.4. The number of hydrogen-bond donors (Lipinski definition) is 1. The van der Waals surface area contributed by atoms with Gasteiger partial charge >= 0.3 is 0 Å². The second kappa shape index (κ2) is 5.81. The average molecular weight is 323 g/mol. The van der Waals surface area contributed by atoms with Crippen molar-refractivity contribution in [1.29, 1.82) is 5.26 Å². The normalized spacial score (nSPS) is 10.0. The molecule has 0 spiro atoms. The third-order valence-corrected chi connectivity index (χ3v) is 3.27. The summed E-state index contributed by atoms with van der Waals surface area (Å²) in [5.41, 5.74) is 1.23. The number of nitrogens with one attached hydrogen (secondary N) is 1. The number of benzene rings is 2. The van der Waals surface area contributed by atoms with Crippen LogP contribution < -0.4 is 5.32 Å². The summed E-state index contributed by atoms with van der Waals surface area (Å²) in [6.45, 7) is 0.208. The highest BCUT2D eigenvalue weighted by Gasteiger charge is 2.05. The fourth-order valence-electron chi connectivity index (χ4n) is 1.58. The Morgan fingerprint density at radius 2 is 1.95 bits per heavy atom. The Hall–Kier alpha value is -1.93. The van der Waals surface area contributed by atoms with Gasteiger partial charge in [-0.3, -0.25) is 0 Å². The van der Waals surface area contributed by atoms with Crippen molar-refractivity contribution < 1.29 is 8.78 Å². The molecule has 2 aromatic rings. The minimum atomic E-state index is -0.459. The number of nitrogens with zero attached hydrogens (tertiary/aromatic N) is 1. The van der Waals surface area contributed by atoms with Gasteiger partial charge in [0.25, 0.3) is 0 Å². The second-order valence-electron chi connectivity index (χ2n) is 3.90. The van der Waals surface area contributed by atoms with E-state index in [0.29, 0.717) is 15.7 Å². The zero-order valence-electron chi connectivity index (χ0n) is 9.75. The molecule has 0 fully saturated rings. The second-order valence-corrected chi connectivity index (χ2v) is 4.75. The first-order valence-electron chi connectivity index (χ1n) is 5.47. The Morgan fingerprint density at radius 1 is 1.16 bits per heavy atom. The minimum Gasteiger partial charge on any atom is -0.380 e. The summed E-state index contributed by atoms with van der Waals surface area (Å²) < 4.78 is 27.4. The van der Waals surface area contributed by atoms with Crippen LogP contribution in [0.5, 0.6) is 0 Å². The van der Waals surface area contributed by atoms with Gasteiger partial charge < -0.3 is 5.32 Å². The van der Waals surface area contributed by atoms with Crippen LogP contribution in [0.4, 0.5) is 14.5 Å². The van der Waals surface area contributed by atoms with Crippen molar-refractivity contribution in [3.05, 3.63) is 63.6 Å². The highest BCUT2D eigenvalue weighted by Crippen LogP contribution is 2.24. The number of anilines is 1. The van der Waals surface area contributed by atoms with Crippen molar-refractivity contribution >= 4 is 21.6 Å². The smallest absolute Gasteiger partial charge is 0.129 e. The summed E-state index contributed by atoms with van der Waals surface area (Å²) in [4.78, 5) is 0. The Kier molecular flexibility index (Phi) is 4.13. The lowest BCUT2D eigenvalue weighted by atomic mass is 10.1. The summed E-state index contributed by atoms with van der Waals surface area (Å²) >= 11 is 3.28. The topological polar surface area (TPSA) is 35.8 Å². The maximum Gasteiger partial charge on any atom is 0.129 e. The molecule has 96 valence electrons. The van der Waals surface area contributed by atoms with Crippen molar-refractivity contribution in [1.82, 2.24) is 0 Å². The summed E-state index contributed by atoms with van der Waals surface area (Å²) in [5.74, 6) is -0.829. The van der Waals surface area contributed by atoms with E-state index in [1.165, 1.54) is 24.3 Å². The maximum atomic E-state index is 13.6. The monoisotopic (exact) mass is 322 g/mol. The summed E-state index contributed by atoms with van der Waals surface area (Å²) in [5, 5.41) is 11.6. The molecular weight excluding hydrogens is 314 g/mol. The van der Waals surface area contributed by atoms with E-state index >= 15 is 0 Å². The first-order chi connectivity index (χ1) is 9.10. The van der Waals surface area contributed by atoms with E-state index in [-0.39, 0.29) is 17.9 Å². The van der Waals surface area contributed by atoms with Crippen molar-refractivity contribution in [3.63, 3.8) is 0 Å². The van der Waals surface area contributed by atoms with E-state index in [2.05, 4.69) is 21.2 Å². The van der Waals surface area contributed by atoms with Crippen LogP contribution in [0.2, 0.25) is 0 Å². The van der Waals surface area contributed by atoms with E-state index in [9.17, 15) is 8.78 Å². The molecule has 0 saturated heterocycles. The van der Waals surface area contributed by atoms with Gasteiger partial charge in [0.1, 0.15) is 11.6 Å². The maximum absolute atomic E-state index is 13.6. The lowest BCUT2D eigenvalue weighted by Crippen LogP contribution is -2.03. The van der Waals surface area contributed by atoms with Crippen molar-refractivity contribution in [2.45, 2.75) is 6.54 Å². The van der Waals surface area contributed by atoms with E-state index in [0.717, 1.165) is 0 Å². The van der Waals surface area contributed by atoms with Crippen LogP contribution in [0.3, 0.4) is 0 Å². The molecule has 0 bridgehead atoms. The molecule has 0 atom stereocenters. The largest absolute Gasteiger partial charge is 0.380 e. The van der Waals surface area contributed by atoms with Gasteiger partial charge in [0.15, 0.2) is 0 Å². The Morgan fingerprint density at radius 3 is 2.63 bits per heavy atom. The minimum absolute atomic E-state index is 0.208. The van der Waals surface area contributed by atoms with Crippen molar-refractivity contribution in [2.24, 2.45) is 0 Å². The fraction of sp³-hybridized carbons (Fsp3) is 0.0714. The number of rotatable bonds is 3. The van der Waals surface area contributed by atoms with Gasteiger partial charge in [-0.1, -0.05) is 6.07 Å². The molecule has 1 N–H and O–H groups in total. The van der Waals surface area contributed by atoms with Crippen LogP contribution in [0.15, 0.2) is 40.9 Å². The van der Waals surface area contributed by atoms with E-state index in [4.69, 9.17) is 5.26 Å². The number of nitriles is 1. The van der Waals surface area contributed by atoms with Gasteiger partial charge in [-0.05, 0) is 46.3 Å². The molecule has 0 unspecified atom stereocenters. The van der Waals surface area contributed by atoms with Crippen molar-refractivity contribution in [3.8, 4) is 6.07 Å². The van der Waals surface area contributed by atoms with Gasteiger partial charge in [0, 0.05) is 16.6 Å². The molecule has 2 rings (SSSR count). The fourth-order valence-corrected chi connectivity index (χ4v) is 1.97. The SMILES string of the molecule is N#Cc1ccc(CNc2cc(F)ccc2Br)c(F)c1. The molecule has 0 aliphatic rings. The molecule has 0 radical (unpaired) electrons. The molecule has 0 aliphatic heterocycles. The van der Waals surface area contributed by atoms with Crippen LogP contribution in [0.25, 0.3) is 0 Å². The standard InChI is InChI=1S/C14H9BrF2N2/c15-12-4-3-11(16)6-14(12)19-8-10-2-1-9(7-18)5-13(10)17/h1-6,19H,8H2. The zero-order valence-corrected chi connectivity index (χ0v) is 11.3. The van der Waals surface area contributed by atoms with Crippen LogP contribution in [0, 0.1) is 23.0 Å². The lowest BCUT2D eigenvalue weighted by Gasteiger charge is -2.09. The molecular formula is C14H9BrF2N2. The molecule has 0 aliphatic carbocycles. The molecule has 2 aromatic carbocycles. The van der Waals surface area contributed by atoms with Gasteiger partial charge in [-0.2, -0.15) is 5.26 Å². The van der Waals surface area contributed by atoms with Crippen LogP contribution in [0.1, 0.15) is 11.1 Å². The van der Waals surface area contributed by atoms with Gasteiger partial charge in [-0.25, -0.2) is 8.78 Å². The third-order valence-electron chi connectivity index (χ3n) is 2.58. The lowest BCUT2D eigenvalue weighted by molar-refractivity contribution is 0.612. The predicted octanol–water partition coefficient (Wildman–Crippen LogP) is 4.21. The molecule has 2 nitrogen and oxygen atoms in total. The van der Waals surface area contributed by atoms with Crippen molar-refractivity contribution in [2.75, 3.05) is 5.32 Å². The number of hydrogen-bond acceptors (Lipinski definition) is 2. The zero-order chi connectivity index (χ0) is 13.8. The Bertz CT molecular complexity index is 650. The van der Waals surface area contributed by atoms with E-state index in [1.54, 1.807) is 12.1 Å². The predicted molar refractivity (Wildman–Crippen MR) is 72.5 cm³/mol. The van der Waals surface area contributed by atoms with Gasteiger partial charge in [-0.15, -0.1) is 0 Å². The summed E-state index contributed by atoms with van der Waals surface area (Å²) in [6.07, 6.45) is 0. The molecule has 0 heterocycles. The van der Waals surface area contributed by atoms with Crippen LogP contribution >= 0.6 is 15.9 Å². The van der Waals surface area contributed by atoms with Gasteiger partial charge in [0.2, 0.25) is 0 Å². The quantitative estimate of drug-likeness (QED) is 0.918. The molecule has 0 aromatic heterocycles. The Balaban J connectivity index is 2.15. The average Bonchev–Trinajstić information content (AvgIpc) is 2.40. The highest BCUT2D eigenvalue weighted by molar-refractivity contribution is 9.10. The van der Waals surface area contributed by atoms with E-state index < -0.39 is 5.82 Å². The Labute approximate surface area is 117 Å². The highest BCUT2D eigenvalue weighted by atomic mass is 79.9. The summed E-state index contributed by atoms with van der Waals surface area (Å²) in [7, 11) is 0.